The van der Waals surface area contributed by atoms with Crippen LogP contribution in [0.1, 0.15) is 44.0 Å². The fourth-order valence-corrected chi connectivity index (χ4v) is 3.82. The van der Waals surface area contributed by atoms with Gasteiger partial charge in [0.1, 0.15) is 11.6 Å². The van der Waals surface area contributed by atoms with Gasteiger partial charge in [-0.3, -0.25) is 4.79 Å². The van der Waals surface area contributed by atoms with Gasteiger partial charge in [-0.1, -0.05) is 37.6 Å². The van der Waals surface area contributed by atoms with Crippen LogP contribution in [0.2, 0.25) is 0 Å². The molecule has 8 nitrogen and oxygen atoms in total. The van der Waals surface area contributed by atoms with Gasteiger partial charge < -0.3 is 25.2 Å². The van der Waals surface area contributed by atoms with Crippen LogP contribution < -0.4 is 5.32 Å². The maximum atomic E-state index is 10.8. The third kappa shape index (κ3) is 6.09. The van der Waals surface area contributed by atoms with E-state index < -0.39 is 24.6 Å². The van der Waals surface area contributed by atoms with Gasteiger partial charge >= 0.3 is 5.97 Å². The summed E-state index contributed by atoms with van der Waals surface area (Å²) in [5.41, 5.74) is 4.65. The van der Waals surface area contributed by atoms with Gasteiger partial charge in [-0.25, -0.2) is 9.97 Å². The fraction of sp³-hybridized carbons (Fsp3) is 0.346. The first-order chi connectivity index (χ1) is 16.2. The summed E-state index contributed by atoms with van der Waals surface area (Å²) in [5.74, 6) is 0.517. The summed E-state index contributed by atoms with van der Waals surface area (Å²) in [5, 5.41) is 32.2. The Morgan fingerprint density at radius 2 is 1.94 bits per heavy atom. The third-order valence-corrected chi connectivity index (χ3v) is 5.42. The minimum absolute atomic E-state index is 0.0724. The number of carbonyl (C=O) groups is 1. The number of hydrogen-bond acceptors (Lipinski definition) is 6. The summed E-state index contributed by atoms with van der Waals surface area (Å²) in [4.78, 5) is 20.1. The highest BCUT2D eigenvalue weighted by atomic mass is 16.4. The van der Waals surface area contributed by atoms with Crippen molar-refractivity contribution in [3.63, 3.8) is 0 Å². The van der Waals surface area contributed by atoms with E-state index in [1.165, 1.54) is 0 Å². The summed E-state index contributed by atoms with van der Waals surface area (Å²) < 4.78 is 1.96. The lowest BCUT2D eigenvalue weighted by Gasteiger charge is -2.14. The molecule has 0 bridgehead atoms. The summed E-state index contributed by atoms with van der Waals surface area (Å²) in [6.45, 7) is 6.13. The Labute approximate surface area is 199 Å². The van der Waals surface area contributed by atoms with Crippen LogP contribution in [0.5, 0.6) is 0 Å². The van der Waals surface area contributed by atoms with Crippen molar-refractivity contribution in [2.75, 3.05) is 12.4 Å². The largest absolute Gasteiger partial charge is 0.481 e. The number of aliphatic hydroxyl groups is 2. The highest BCUT2D eigenvalue weighted by Crippen LogP contribution is 2.36. The van der Waals surface area contributed by atoms with E-state index in [9.17, 15) is 15.0 Å². The van der Waals surface area contributed by atoms with Crippen LogP contribution in [0.3, 0.4) is 0 Å². The first-order valence-electron chi connectivity index (χ1n) is 11.3. The SMILES string of the molecule is CNc1cc(-c2nc(C(C)C)n(/C=C/C(O)CC(O)CC(=O)O)c2-c2cccc(C)c2)ccn1. The number of carboxylic acids is 1. The number of benzene rings is 1. The Morgan fingerprint density at radius 3 is 2.59 bits per heavy atom. The van der Waals surface area contributed by atoms with Gasteiger partial charge in [-0.2, -0.15) is 0 Å². The molecule has 0 saturated heterocycles. The number of pyridine rings is 1. The number of hydrogen-bond donors (Lipinski definition) is 4. The lowest BCUT2D eigenvalue weighted by atomic mass is 10.0. The second kappa shape index (κ2) is 11.1. The van der Waals surface area contributed by atoms with Crippen LogP contribution in [0.25, 0.3) is 28.7 Å². The molecule has 0 aliphatic carbocycles. The van der Waals surface area contributed by atoms with Crippen molar-refractivity contribution in [3.8, 4) is 22.5 Å². The van der Waals surface area contributed by atoms with E-state index >= 15 is 0 Å². The maximum Gasteiger partial charge on any atom is 0.305 e. The molecule has 0 aliphatic rings. The van der Waals surface area contributed by atoms with Gasteiger partial charge in [-0.05, 0) is 31.2 Å². The molecule has 34 heavy (non-hydrogen) atoms. The number of aryl methyl sites for hydroxylation is 1. The summed E-state index contributed by atoms with van der Waals surface area (Å²) >= 11 is 0. The number of nitrogens with zero attached hydrogens (tertiary/aromatic N) is 3. The first-order valence-corrected chi connectivity index (χ1v) is 11.3. The first kappa shape index (κ1) is 25.1. The molecule has 3 aromatic rings. The minimum atomic E-state index is -1.13. The molecule has 0 aliphatic heterocycles. The summed E-state index contributed by atoms with van der Waals surface area (Å²) in [7, 11) is 1.81. The zero-order valence-electron chi connectivity index (χ0n) is 19.9. The molecule has 3 rings (SSSR count). The molecule has 4 N–H and O–H groups in total. The van der Waals surface area contributed by atoms with E-state index in [1.54, 1.807) is 18.5 Å². The quantitative estimate of drug-likeness (QED) is 0.356. The molecular formula is C26H32N4O4. The van der Waals surface area contributed by atoms with E-state index in [0.717, 1.165) is 39.7 Å². The molecule has 0 amide bonds. The van der Waals surface area contributed by atoms with Gasteiger partial charge in [0.25, 0.3) is 0 Å². The molecule has 1 aromatic carbocycles. The zero-order valence-corrected chi connectivity index (χ0v) is 19.9. The van der Waals surface area contributed by atoms with Crippen molar-refractivity contribution in [3.05, 3.63) is 60.1 Å². The molecule has 2 aromatic heterocycles. The molecule has 2 atom stereocenters. The van der Waals surface area contributed by atoms with Crippen LogP contribution in [0.4, 0.5) is 5.82 Å². The molecule has 180 valence electrons. The predicted octanol–water partition coefficient (Wildman–Crippen LogP) is 4.14. The van der Waals surface area contributed by atoms with Crippen LogP contribution in [-0.2, 0) is 4.79 Å². The molecule has 0 spiro atoms. The number of aliphatic hydroxyl groups excluding tert-OH is 2. The van der Waals surface area contributed by atoms with E-state index in [0.29, 0.717) is 0 Å². The lowest BCUT2D eigenvalue weighted by molar-refractivity contribution is -0.139. The Hall–Kier alpha value is -3.49. The third-order valence-electron chi connectivity index (χ3n) is 5.42. The number of nitrogens with one attached hydrogen (secondary N) is 1. The van der Waals surface area contributed by atoms with Crippen molar-refractivity contribution in [2.24, 2.45) is 0 Å². The van der Waals surface area contributed by atoms with E-state index in [1.807, 2.05) is 48.9 Å². The Morgan fingerprint density at radius 1 is 1.18 bits per heavy atom. The Balaban J connectivity index is 2.13. The Kier molecular flexibility index (Phi) is 8.20. The Bertz CT molecular complexity index is 1170. The summed E-state index contributed by atoms with van der Waals surface area (Å²) in [6, 6.07) is 12.0. The molecule has 0 fully saturated rings. The summed E-state index contributed by atoms with van der Waals surface area (Å²) in [6.07, 6.45) is 2.42. The van der Waals surface area contributed by atoms with Crippen molar-refractivity contribution in [2.45, 2.75) is 51.7 Å². The van der Waals surface area contributed by atoms with E-state index in [2.05, 4.69) is 30.2 Å². The smallest absolute Gasteiger partial charge is 0.305 e. The van der Waals surface area contributed by atoms with Gasteiger partial charge in [0, 0.05) is 42.9 Å². The normalized spacial score (nSPS) is 13.4. The van der Waals surface area contributed by atoms with Crippen LogP contribution in [0, 0.1) is 6.92 Å². The van der Waals surface area contributed by atoms with Crippen molar-refractivity contribution in [1.29, 1.82) is 0 Å². The monoisotopic (exact) mass is 464 g/mol. The van der Waals surface area contributed by atoms with Gasteiger partial charge in [0.15, 0.2) is 0 Å². The average Bonchev–Trinajstić information content (AvgIpc) is 3.17. The second-order valence-electron chi connectivity index (χ2n) is 8.64. The molecule has 8 heteroatoms. The molecule has 0 saturated carbocycles. The average molecular weight is 465 g/mol. The van der Waals surface area contributed by atoms with Crippen LogP contribution in [-0.4, -0.2) is 55.1 Å². The zero-order chi connectivity index (χ0) is 24.8. The van der Waals surface area contributed by atoms with E-state index in [4.69, 9.17) is 10.1 Å². The molecule has 2 heterocycles. The van der Waals surface area contributed by atoms with E-state index in [-0.39, 0.29) is 12.3 Å². The van der Waals surface area contributed by atoms with Crippen LogP contribution in [0.15, 0.2) is 48.7 Å². The molecular weight excluding hydrogens is 432 g/mol. The topological polar surface area (TPSA) is 120 Å². The minimum Gasteiger partial charge on any atom is -0.481 e. The van der Waals surface area contributed by atoms with Gasteiger partial charge in [-0.15, -0.1) is 0 Å². The predicted molar refractivity (Wildman–Crippen MR) is 133 cm³/mol. The fourth-order valence-electron chi connectivity index (χ4n) is 3.82. The number of rotatable bonds is 10. The number of imidazole rings is 1. The van der Waals surface area contributed by atoms with Crippen molar-refractivity contribution < 1.29 is 20.1 Å². The number of aromatic nitrogens is 3. The second-order valence-corrected chi connectivity index (χ2v) is 8.64. The standard InChI is InChI=1S/C26H32N4O4/c1-16(2)26-29-24(18-8-10-28-22(13-18)27-4)25(19-7-5-6-17(3)12-19)30(26)11-9-20(31)14-21(32)15-23(33)34/h5-13,16,20-21,31-32H,14-15H2,1-4H3,(H,27,28)(H,33,34)/b11-9+. The number of aliphatic carboxylic acids is 1. The van der Waals surface area contributed by atoms with Gasteiger partial charge in [0.2, 0.25) is 0 Å². The highest BCUT2D eigenvalue weighted by molar-refractivity contribution is 5.81. The van der Waals surface area contributed by atoms with Gasteiger partial charge in [0.05, 0.1) is 30.0 Å². The number of carboxylic acid groups (broad SMARTS) is 1. The molecule has 2 unspecified atom stereocenters. The van der Waals surface area contributed by atoms with Crippen molar-refractivity contribution in [1.82, 2.24) is 14.5 Å². The lowest BCUT2D eigenvalue weighted by Crippen LogP contribution is -2.19. The maximum absolute atomic E-state index is 10.8. The van der Waals surface area contributed by atoms with Crippen LogP contribution >= 0.6 is 0 Å². The highest BCUT2D eigenvalue weighted by Gasteiger charge is 2.22. The number of anilines is 1. The molecule has 0 radical (unpaired) electrons. The van der Waals surface area contributed by atoms with Crippen molar-refractivity contribution >= 4 is 18.0 Å².